The first-order valence-corrected chi connectivity index (χ1v) is 12.8. The largest absolute Gasteiger partial charge is 0.433 e. The number of ether oxygens (including phenoxy) is 1. The van der Waals surface area contributed by atoms with Crippen LogP contribution in [0.2, 0.25) is 0 Å². The number of nitrogens with zero attached hydrogens (tertiary/aromatic N) is 4. The van der Waals surface area contributed by atoms with Crippen molar-refractivity contribution in [2.24, 2.45) is 0 Å². The molecule has 4 rings (SSSR count). The van der Waals surface area contributed by atoms with Crippen LogP contribution < -0.4 is 4.90 Å². The summed E-state index contributed by atoms with van der Waals surface area (Å²) in [4.78, 5) is 23.0. The molecule has 0 saturated carbocycles. The molecule has 0 aliphatic carbocycles. The second-order valence-corrected chi connectivity index (χ2v) is 9.80. The summed E-state index contributed by atoms with van der Waals surface area (Å²) in [5.41, 5.74) is -0.390. The van der Waals surface area contributed by atoms with Crippen LogP contribution in [0.25, 0.3) is 0 Å². The number of rotatable bonds is 7. The Kier molecular flexibility index (Phi) is 8.50. The highest BCUT2D eigenvalue weighted by molar-refractivity contribution is 5.92. The highest BCUT2D eigenvalue weighted by Crippen LogP contribution is 2.34. The molecule has 0 N–H and O–H groups in total. The molecule has 3 heterocycles. The van der Waals surface area contributed by atoms with Crippen molar-refractivity contribution in [1.82, 2.24) is 14.8 Å². The van der Waals surface area contributed by atoms with Gasteiger partial charge in [0.2, 0.25) is 5.91 Å². The number of carbonyl (C=O) groups excluding carboxylic acids is 1. The summed E-state index contributed by atoms with van der Waals surface area (Å²) in [6, 6.07) is 10.4. The topological polar surface area (TPSA) is 48.9 Å². The van der Waals surface area contributed by atoms with Crippen LogP contribution in [0.3, 0.4) is 0 Å². The quantitative estimate of drug-likeness (QED) is 0.484. The lowest BCUT2D eigenvalue weighted by Gasteiger charge is -2.51. The van der Waals surface area contributed by atoms with Crippen LogP contribution in [-0.4, -0.2) is 72.2 Å². The summed E-state index contributed by atoms with van der Waals surface area (Å²) in [6.45, 7) is 8.17. The zero-order valence-corrected chi connectivity index (χ0v) is 21.3. The maximum absolute atomic E-state index is 13.4. The summed E-state index contributed by atoms with van der Waals surface area (Å²) in [5.74, 6) is -0.499. The van der Waals surface area contributed by atoms with Gasteiger partial charge in [-0.2, -0.15) is 13.2 Å². The van der Waals surface area contributed by atoms with E-state index >= 15 is 0 Å². The zero-order valence-electron chi connectivity index (χ0n) is 21.3. The minimum atomic E-state index is -4.59. The molecule has 10 heteroatoms. The van der Waals surface area contributed by atoms with Crippen LogP contribution in [0.1, 0.15) is 50.4 Å². The number of anilines is 1. The Labute approximate surface area is 215 Å². The molecule has 1 aromatic heterocycles. The van der Waals surface area contributed by atoms with Crippen molar-refractivity contribution >= 4 is 11.7 Å². The van der Waals surface area contributed by atoms with Crippen molar-refractivity contribution < 1.29 is 27.1 Å². The number of aromatic nitrogens is 1. The van der Waals surface area contributed by atoms with Gasteiger partial charge in [-0.15, -0.1) is 0 Å². The first kappa shape index (κ1) is 27.5. The molecule has 37 heavy (non-hydrogen) atoms. The van der Waals surface area contributed by atoms with Gasteiger partial charge in [0, 0.05) is 63.9 Å². The van der Waals surface area contributed by atoms with E-state index in [1.54, 1.807) is 6.92 Å². The smallest absolute Gasteiger partial charge is 0.381 e. The third-order valence-corrected chi connectivity index (χ3v) is 7.67. The molecule has 2 saturated heterocycles. The van der Waals surface area contributed by atoms with Gasteiger partial charge in [0.05, 0.1) is 0 Å². The van der Waals surface area contributed by atoms with Gasteiger partial charge in [-0.05, 0) is 49.6 Å². The van der Waals surface area contributed by atoms with Crippen molar-refractivity contribution in [3.63, 3.8) is 0 Å². The third-order valence-electron chi connectivity index (χ3n) is 7.67. The van der Waals surface area contributed by atoms with E-state index < -0.39 is 17.4 Å². The highest BCUT2D eigenvalue weighted by atomic mass is 19.4. The Bertz CT molecular complexity index is 1050. The van der Waals surface area contributed by atoms with E-state index in [9.17, 15) is 22.4 Å². The number of benzene rings is 1. The van der Waals surface area contributed by atoms with Crippen molar-refractivity contribution in [1.29, 1.82) is 0 Å². The molecular formula is C27H34F4N4O2. The molecule has 1 atom stereocenters. The molecule has 2 aliphatic heterocycles. The van der Waals surface area contributed by atoms with Crippen molar-refractivity contribution in [3.8, 4) is 0 Å². The molecule has 0 bridgehead atoms. The van der Waals surface area contributed by atoms with Gasteiger partial charge >= 0.3 is 6.18 Å². The molecule has 2 aliphatic rings. The second-order valence-electron chi connectivity index (χ2n) is 9.80. The number of alkyl halides is 3. The first-order valence-electron chi connectivity index (χ1n) is 12.8. The Morgan fingerprint density at radius 3 is 2.32 bits per heavy atom. The average molecular weight is 523 g/mol. The number of hydrogen-bond acceptors (Lipinski definition) is 5. The Morgan fingerprint density at radius 2 is 1.73 bits per heavy atom. The van der Waals surface area contributed by atoms with Gasteiger partial charge in [0.1, 0.15) is 17.3 Å². The summed E-state index contributed by atoms with van der Waals surface area (Å²) >= 11 is 0. The van der Waals surface area contributed by atoms with E-state index in [-0.39, 0.29) is 36.5 Å². The predicted molar refractivity (Wildman–Crippen MR) is 133 cm³/mol. The summed E-state index contributed by atoms with van der Waals surface area (Å²) < 4.78 is 59.1. The van der Waals surface area contributed by atoms with Gasteiger partial charge in [-0.25, -0.2) is 9.37 Å². The fraction of sp³-hybridized carbons (Fsp3) is 0.556. The molecule has 202 valence electrons. The summed E-state index contributed by atoms with van der Waals surface area (Å²) in [5, 5.41) is 0. The fourth-order valence-corrected chi connectivity index (χ4v) is 5.37. The molecule has 1 aromatic carbocycles. The lowest BCUT2D eigenvalue weighted by molar-refractivity contribution is -0.141. The van der Waals surface area contributed by atoms with E-state index in [1.807, 2.05) is 12.1 Å². The monoisotopic (exact) mass is 522 g/mol. The fourth-order valence-electron chi connectivity index (χ4n) is 5.37. The van der Waals surface area contributed by atoms with Gasteiger partial charge in [0.15, 0.2) is 0 Å². The second kappa shape index (κ2) is 11.4. The van der Waals surface area contributed by atoms with E-state index in [2.05, 4.69) is 21.7 Å². The predicted octanol–water partition coefficient (Wildman–Crippen LogP) is 4.91. The van der Waals surface area contributed by atoms with Crippen molar-refractivity contribution in [3.05, 3.63) is 59.5 Å². The highest BCUT2D eigenvalue weighted by Gasteiger charge is 2.43. The number of pyridine rings is 1. The average Bonchev–Trinajstić information content (AvgIpc) is 2.91. The molecule has 1 unspecified atom stereocenters. The standard InChI is InChI=1S/C27H34F4N4O2/c1-3-25(36)35(24-6-4-5-23(32-24)27(29,30)31)19-26(11-17-37-18-12-26)34-15-13-33(14-16-34)20(2)21-7-9-22(28)10-8-21/h4-10,20H,3,11-19H2,1-2H3. The Hall–Kier alpha value is -2.56. The van der Waals surface area contributed by atoms with Crippen LogP contribution in [0.5, 0.6) is 0 Å². The number of piperazine rings is 1. The molecule has 6 nitrogen and oxygen atoms in total. The van der Waals surface area contributed by atoms with Crippen molar-refractivity contribution in [2.45, 2.75) is 50.9 Å². The van der Waals surface area contributed by atoms with E-state index in [0.717, 1.165) is 37.8 Å². The molecule has 0 radical (unpaired) electrons. The summed E-state index contributed by atoms with van der Waals surface area (Å²) in [6.07, 6.45) is -3.09. The molecule has 1 amide bonds. The molecule has 0 spiro atoms. The van der Waals surface area contributed by atoms with Crippen LogP contribution >= 0.6 is 0 Å². The summed E-state index contributed by atoms with van der Waals surface area (Å²) in [7, 11) is 0. The van der Waals surface area contributed by atoms with E-state index in [4.69, 9.17) is 4.74 Å². The lowest BCUT2D eigenvalue weighted by Crippen LogP contribution is -2.63. The van der Waals surface area contributed by atoms with Crippen LogP contribution in [0, 0.1) is 5.82 Å². The normalized spacial score (nSPS) is 19.9. The number of hydrogen-bond donors (Lipinski definition) is 0. The van der Waals surface area contributed by atoms with Crippen LogP contribution in [0.4, 0.5) is 23.4 Å². The minimum Gasteiger partial charge on any atom is -0.381 e. The lowest BCUT2D eigenvalue weighted by atomic mass is 9.86. The number of carbonyl (C=O) groups is 1. The third kappa shape index (κ3) is 6.30. The molecule has 2 fully saturated rings. The minimum absolute atomic E-state index is 0.0242. The molecular weight excluding hydrogens is 488 g/mol. The van der Waals surface area contributed by atoms with Crippen LogP contribution in [-0.2, 0) is 15.7 Å². The Balaban J connectivity index is 1.54. The van der Waals surface area contributed by atoms with Crippen molar-refractivity contribution in [2.75, 3.05) is 50.8 Å². The SMILES string of the molecule is CCC(=O)N(CC1(N2CCN(C(C)c3ccc(F)cc3)CC2)CCOCC1)c1cccc(C(F)(F)F)n1. The van der Waals surface area contributed by atoms with E-state index in [1.165, 1.54) is 29.2 Å². The number of halogens is 4. The van der Waals surface area contributed by atoms with Gasteiger partial charge in [0.25, 0.3) is 0 Å². The maximum Gasteiger partial charge on any atom is 0.433 e. The van der Waals surface area contributed by atoms with Gasteiger partial charge in [-0.1, -0.05) is 25.1 Å². The van der Waals surface area contributed by atoms with Gasteiger partial charge < -0.3 is 4.74 Å². The zero-order chi connectivity index (χ0) is 26.6. The van der Waals surface area contributed by atoms with Crippen LogP contribution in [0.15, 0.2) is 42.5 Å². The van der Waals surface area contributed by atoms with Gasteiger partial charge in [-0.3, -0.25) is 19.5 Å². The maximum atomic E-state index is 13.4. The molecule has 2 aromatic rings. The first-order chi connectivity index (χ1) is 17.6. The Morgan fingerprint density at radius 1 is 1.08 bits per heavy atom. The number of amides is 1. The van der Waals surface area contributed by atoms with E-state index in [0.29, 0.717) is 26.1 Å².